The van der Waals surface area contributed by atoms with Crippen molar-refractivity contribution in [3.63, 3.8) is 0 Å². The molecule has 0 heterocycles. The van der Waals surface area contributed by atoms with Crippen molar-refractivity contribution >= 4 is 94.3 Å². The van der Waals surface area contributed by atoms with E-state index in [0.29, 0.717) is 6.42 Å². The molecule has 0 spiro atoms. The van der Waals surface area contributed by atoms with Crippen LogP contribution in [0, 0.1) is 0 Å². The summed E-state index contributed by atoms with van der Waals surface area (Å²) in [5, 5.41) is 0. The van der Waals surface area contributed by atoms with Gasteiger partial charge >= 0.3 is 32.3 Å². The summed E-state index contributed by atoms with van der Waals surface area (Å²) in [4.78, 5) is 16.3. The first kappa shape index (κ1) is 43.3. The van der Waals surface area contributed by atoms with Crippen molar-refractivity contribution in [3.05, 3.63) is 0 Å². The molecule has 104 valence electrons. The Balaban J connectivity index is -0.0000000213. The zero-order valence-electron chi connectivity index (χ0n) is 8.03. The Kier molecular flexibility index (Phi) is 72.9. The van der Waals surface area contributed by atoms with Crippen LogP contribution in [0.15, 0.2) is 0 Å². The second-order valence-electron chi connectivity index (χ2n) is 1.68. The second kappa shape index (κ2) is 25.3. The molecule has 0 aromatic carbocycles. The number of rotatable bonds is 4. The molecular weight excluding hydrogens is 442 g/mol. The number of halogens is 5. The first-order valence-electron chi connectivity index (χ1n) is 2.76. The molecule has 0 rings (SSSR count). The van der Waals surface area contributed by atoms with E-state index in [-0.39, 0.29) is 93.1 Å². The number of phosphoric ester groups is 1. The van der Waals surface area contributed by atoms with E-state index >= 15 is 0 Å². The van der Waals surface area contributed by atoms with Gasteiger partial charge in [-0.25, -0.2) is 4.57 Å². The first-order valence-corrected chi connectivity index (χ1v) is 4.29. The van der Waals surface area contributed by atoms with E-state index in [4.69, 9.17) is 9.79 Å². The average molecular weight is 461 g/mol. The summed E-state index contributed by atoms with van der Waals surface area (Å²) in [6.45, 7) is 2.06. The SMILES string of the molecule is CCCCOP(=O)(O)O.Cl.Cl.Cl.Cl.Cl.[SbH3]. The average Bonchev–Trinajstić information content (AvgIpc) is 1.63. The Morgan fingerprint density at radius 2 is 1.40 bits per heavy atom. The number of hydrogen-bond donors (Lipinski definition) is 2. The van der Waals surface area contributed by atoms with Gasteiger partial charge < -0.3 is 9.79 Å². The van der Waals surface area contributed by atoms with Crippen LogP contribution in [-0.2, 0) is 9.09 Å². The van der Waals surface area contributed by atoms with Gasteiger partial charge in [0, 0.05) is 0 Å². The van der Waals surface area contributed by atoms with Crippen LogP contribution in [0.4, 0.5) is 0 Å². The van der Waals surface area contributed by atoms with Crippen molar-refractivity contribution in [2.24, 2.45) is 0 Å². The standard InChI is InChI=1S/C4H11O4P.5ClH.Sb.3H/c1-2-3-4-8-9(5,6)7;;;;;;;;;/h2-4H2,1H3,(H2,5,6,7);5*1H;;;;. The Morgan fingerprint density at radius 3 is 1.60 bits per heavy atom. The molecule has 15 heavy (non-hydrogen) atoms. The normalized spacial score (nSPS) is 7.13. The van der Waals surface area contributed by atoms with Gasteiger partial charge in [-0.15, -0.1) is 62.0 Å². The van der Waals surface area contributed by atoms with Crippen LogP contribution in [0.3, 0.4) is 0 Å². The van der Waals surface area contributed by atoms with Gasteiger partial charge in [-0.1, -0.05) is 13.3 Å². The molecule has 0 aromatic heterocycles. The fourth-order valence-corrected chi connectivity index (χ4v) is 0.695. The Hall–Kier alpha value is 2.38. The topological polar surface area (TPSA) is 66.8 Å². The molecule has 4 nitrogen and oxygen atoms in total. The van der Waals surface area contributed by atoms with Crippen LogP contribution in [0.5, 0.6) is 0 Å². The molecule has 0 bridgehead atoms. The van der Waals surface area contributed by atoms with Crippen molar-refractivity contribution in [2.75, 3.05) is 6.61 Å². The van der Waals surface area contributed by atoms with Gasteiger partial charge in [0.15, 0.2) is 0 Å². The van der Waals surface area contributed by atoms with Crippen molar-refractivity contribution in [1.29, 1.82) is 0 Å². The molecule has 0 saturated heterocycles. The van der Waals surface area contributed by atoms with Crippen LogP contribution in [0.1, 0.15) is 19.8 Å². The molecule has 0 aliphatic carbocycles. The van der Waals surface area contributed by atoms with E-state index in [1.807, 2.05) is 6.92 Å². The van der Waals surface area contributed by atoms with E-state index in [2.05, 4.69) is 4.52 Å². The summed E-state index contributed by atoms with van der Waals surface area (Å²) in [5.74, 6) is 0. The minimum atomic E-state index is -4.20. The molecule has 0 aliphatic heterocycles. The van der Waals surface area contributed by atoms with Gasteiger partial charge in [0.05, 0.1) is 6.61 Å². The van der Waals surface area contributed by atoms with E-state index in [0.717, 1.165) is 6.42 Å². The molecule has 0 aromatic rings. The summed E-state index contributed by atoms with van der Waals surface area (Å²) in [6.07, 6.45) is 1.56. The number of hydrogen-bond acceptors (Lipinski definition) is 2. The third kappa shape index (κ3) is 48.2. The van der Waals surface area contributed by atoms with Crippen LogP contribution in [-0.4, -0.2) is 40.8 Å². The summed E-state index contributed by atoms with van der Waals surface area (Å²) in [6, 6.07) is 0. The van der Waals surface area contributed by atoms with E-state index in [1.54, 1.807) is 0 Å². The Morgan fingerprint density at radius 1 is 1.07 bits per heavy atom. The van der Waals surface area contributed by atoms with Crippen LogP contribution < -0.4 is 0 Å². The van der Waals surface area contributed by atoms with Crippen LogP contribution in [0.2, 0.25) is 0 Å². The van der Waals surface area contributed by atoms with Crippen molar-refractivity contribution in [1.82, 2.24) is 0 Å². The molecule has 11 heteroatoms. The number of phosphoric acid groups is 1. The molecule has 0 atom stereocenters. The van der Waals surface area contributed by atoms with Gasteiger partial charge in [0.2, 0.25) is 0 Å². The molecule has 0 saturated carbocycles. The van der Waals surface area contributed by atoms with Crippen molar-refractivity contribution in [3.8, 4) is 0 Å². The summed E-state index contributed by atoms with van der Waals surface area (Å²) >= 11 is 0. The quantitative estimate of drug-likeness (QED) is 0.381. The molecule has 0 radical (unpaired) electrons. The van der Waals surface area contributed by atoms with Gasteiger partial charge in [-0.2, -0.15) is 0 Å². The van der Waals surface area contributed by atoms with Crippen LogP contribution >= 0.6 is 69.9 Å². The van der Waals surface area contributed by atoms with Gasteiger partial charge in [-0.3, -0.25) is 4.52 Å². The molecule has 0 fully saturated rings. The van der Waals surface area contributed by atoms with Crippen LogP contribution in [0.25, 0.3) is 0 Å². The molecular formula is C4H19Cl5O4PSb. The fraction of sp³-hybridized carbons (Fsp3) is 1.00. The van der Waals surface area contributed by atoms with Gasteiger partial charge in [-0.05, 0) is 6.42 Å². The van der Waals surface area contributed by atoms with Gasteiger partial charge in [0.25, 0.3) is 0 Å². The predicted octanol–water partition coefficient (Wildman–Crippen LogP) is 1.82. The molecule has 2 N–H and O–H groups in total. The van der Waals surface area contributed by atoms with E-state index in [1.165, 1.54) is 0 Å². The van der Waals surface area contributed by atoms with Crippen molar-refractivity contribution < 1.29 is 18.9 Å². The van der Waals surface area contributed by atoms with Crippen molar-refractivity contribution in [2.45, 2.75) is 19.8 Å². The third-order valence-corrected chi connectivity index (χ3v) is 1.28. The summed E-state index contributed by atoms with van der Waals surface area (Å²) in [7, 11) is -4.20. The minimum absolute atomic E-state index is 0. The van der Waals surface area contributed by atoms with E-state index < -0.39 is 7.82 Å². The number of unbranched alkanes of at least 4 members (excludes halogenated alkanes) is 1. The third-order valence-electron chi connectivity index (χ3n) is 0.757. The maximum absolute atomic E-state index is 9.98. The zero-order chi connectivity index (χ0) is 7.33. The fourth-order valence-electron chi connectivity index (χ4n) is 0.328. The summed E-state index contributed by atoms with van der Waals surface area (Å²) < 4.78 is 14.1. The van der Waals surface area contributed by atoms with Gasteiger partial charge in [0.1, 0.15) is 0 Å². The molecule has 0 aliphatic rings. The first-order chi connectivity index (χ1) is 4.06. The Labute approximate surface area is 138 Å². The Bertz CT molecular complexity index is 126. The molecule has 0 unspecified atom stereocenters. The summed E-state index contributed by atoms with van der Waals surface area (Å²) in [5.41, 5.74) is 0. The van der Waals surface area contributed by atoms with E-state index in [9.17, 15) is 4.57 Å². The maximum atomic E-state index is 9.98. The zero-order valence-corrected chi connectivity index (χ0v) is 17.0. The second-order valence-corrected chi connectivity index (χ2v) is 2.92. The monoisotopic (exact) mass is 458 g/mol. The predicted molar refractivity (Wildman–Crippen MR) is 79.1 cm³/mol. The molecule has 0 amide bonds.